The lowest BCUT2D eigenvalue weighted by molar-refractivity contribution is 0.0523. The zero-order chi connectivity index (χ0) is 13.0. The van der Waals surface area contributed by atoms with E-state index < -0.39 is 0 Å². The Morgan fingerprint density at radius 1 is 1.50 bits per heavy atom. The van der Waals surface area contributed by atoms with E-state index in [9.17, 15) is 4.79 Å². The summed E-state index contributed by atoms with van der Waals surface area (Å²) in [5, 5.41) is 0. The molecule has 0 saturated carbocycles. The minimum atomic E-state index is -0.276. The second kappa shape index (κ2) is 5.96. The molecule has 0 bridgehead atoms. The summed E-state index contributed by atoms with van der Waals surface area (Å²) in [7, 11) is 0. The van der Waals surface area contributed by atoms with Gasteiger partial charge < -0.3 is 9.47 Å². The quantitative estimate of drug-likeness (QED) is 0.768. The van der Waals surface area contributed by atoms with Crippen molar-refractivity contribution < 1.29 is 14.3 Å². The van der Waals surface area contributed by atoms with Crippen LogP contribution in [-0.2, 0) is 28.9 Å². The molecule has 0 spiro atoms. The zero-order valence-electron chi connectivity index (χ0n) is 11.0. The molecule has 0 aliphatic carbocycles. The summed E-state index contributed by atoms with van der Waals surface area (Å²) in [6.07, 6.45) is 2.60. The van der Waals surface area contributed by atoms with Gasteiger partial charge in [-0.1, -0.05) is 13.3 Å². The van der Waals surface area contributed by atoms with Gasteiger partial charge >= 0.3 is 5.97 Å². The number of ether oxygens (including phenoxy) is 2. The molecule has 1 aliphatic heterocycles. The minimum absolute atomic E-state index is 0.276. The largest absolute Gasteiger partial charge is 0.462 e. The van der Waals surface area contributed by atoms with Gasteiger partial charge in [-0.25, -0.2) is 4.79 Å². The molecule has 0 atom stereocenters. The van der Waals surface area contributed by atoms with Gasteiger partial charge in [-0.15, -0.1) is 0 Å². The first-order chi connectivity index (χ1) is 8.76. The SMILES string of the molecule is CCCc1nc2c(cc1C(=O)OCC)COCC2. The van der Waals surface area contributed by atoms with Crippen LogP contribution >= 0.6 is 0 Å². The van der Waals surface area contributed by atoms with E-state index in [1.165, 1.54) is 0 Å². The highest BCUT2D eigenvalue weighted by atomic mass is 16.5. The molecule has 0 unspecified atom stereocenters. The second-order valence-corrected chi connectivity index (χ2v) is 4.36. The molecular formula is C14H19NO3. The van der Waals surface area contributed by atoms with E-state index in [1.54, 1.807) is 0 Å². The van der Waals surface area contributed by atoms with E-state index in [1.807, 2.05) is 13.0 Å². The van der Waals surface area contributed by atoms with Gasteiger partial charge in [0, 0.05) is 17.7 Å². The van der Waals surface area contributed by atoms with Crippen molar-refractivity contribution in [2.75, 3.05) is 13.2 Å². The minimum Gasteiger partial charge on any atom is -0.462 e. The van der Waals surface area contributed by atoms with Gasteiger partial charge in [-0.3, -0.25) is 4.98 Å². The molecule has 1 aromatic rings. The normalized spacial score (nSPS) is 14.1. The number of carbonyl (C=O) groups excluding carboxylic acids is 1. The van der Waals surface area contributed by atoms with Crippen molar-refractivity contribution in [3.63, 3.8) is 0 Å². The van der Waals surface area contributed by atoms with Gasteiger partial charge in [-0.2, -0.15) is 0 Å². The van der Waals surface area contributed by atoms with Crippen LogP contribution in [0.4, 0.5) is 0 Å². The Balaban J connectivity index is 2.38. The third-order valence-electron chi connectivity index (χ3n) is 2.99. The van der Waals surface area contributed by atoms with Crippen molar-refractivity contribution in [3.05, 3.63) is 28.6 Å². The molecule has 0 saturated heterocycles. The van der Waals surface area contributed by atoms with Crippen LogP contribution in [-0.4, -0.2) is 24.2 Å². The van der Waals surface area contributed by atoms with Crippen molar-refractivity contribution in [3.8, 4) is 0 Å². The Bertz CT molecular complexity index is 443. The van der Waals surface area contributed by atoms with Crippen LogP contribution < -0.4 is 0 Å². The molecule has 98 valence electrons. The van der Waals surface area contributed by atoms with E-state index in [-0.39, 0.29) is 5.97 Å². The van der Waals surface area contributed by atoms with E-state index in [0.717, 1.165) is 36.2 Å². The Morgan fingerprint density at radius 3 is 3.06 bits per heavy atom. The van der Waals surface area contributed by atoms with Crippen LogP contribution in [0.2, 0.25) is 0 Å². The second-order valence-electron chi connectivity index (χ2n) is 4.36. The topological polar surface area (TPSA) is 48.4 Å². The molecular weight excluding hydrogens is 230 g/mol. The van der Waals surface area contributed by atoms with Crippen molar-refractivity contribution in [1.82, 2.24) is 4.98 Å². The fourth-order valence-corrected chi connectivity index (χ4v) is 2.14. The van der Waals surface area contributed by atoms with E-state index in [2.05, 4.69) is 11.9 Å². The number of aryl methyl sites for hydroxylation is 1. The standard InChI is InChI=1S/C14H19NO3/c1-3-5-13-11(14(16)18-4-2)8-10-9-17-7-6-12(10)15-13/h8H,3-7,9H2,1-2H3. The molecule has 2 rings (SSSR count). The van der Waals surface area contributed by atoms with E-state index in [4.69, 9.17) is 9.47 Å². The van der Waals surface area contributed by atoms with Crippen LogP contribution in [0, 0.1) is 0 Å². The van der Waals surface area contributed by atoms with Gasteiger partial charge in [0.1, 0.15) is 0 Å². The van der Waals surface area contributed by atoms with E-state index >= 15 is 0 Å². The van der Waals surface area contributed by atoms with Gasteiger partial charge in [0.25, 0.3) is 0 Å². The molecule has 0 amide bonds. The van der Waals surface area contributed by atoms with Crippen LogP contribution in [0.15, 0.2) is 6.07 Å². The number of pyridine rings is 1. The number of nitrogens with zero attached hydrogens (tertiary/aromatic N) is 1. The molecule has 4 nitrogen and oxygen atoms in total. The lowest BCUT2D eigenvalue weighted by Gasteiger charge is -2.18. The first kappa shape index (κ1) is 13.0. The highest BCUT2D eigenvalue weighted by Gasteiger charge is 2.19. The van der Waals surface area contributed by atoms with Crippen LogP contribution in [0.3, 0.4) is 0 Å². The van der Waals surface area contributed by atoms with Crippen molar-refractivity contribution in [2.45, 2.75) is 39.7 Å². The van der Waals surface area contributed by atoms with Crippen molar-refractivity contribution >= 4 is 5.97 Å². The fraction of sp³-hybridized carbons (Fsp3) is 0.571. The first-order valence-corrected chi connectivity index (χ1v) is 6.52. The molecule has 4 heteroatoms. The molecule has 0 radical (unpaired) electrons. The third-order valence-corrected chi connectivity index (χ3v) is 2.99. The summed E-state index contributed by atoms with van der Waals surface area (Å²) in [5.41, 5.74) is 3.54. The number of hydrogen-bond acceptors (Lipinski definition) is 4. The number of hydrogen-bond donors (Lipinski definition) is 0. The maximum Gasteiger partial charge on any atom is 0.339 e. The number of carbonyl (C=O) groups is 1. The summed E-state index contributed by atoms with van der Waals surface area (Å²) in [5.74, 6) is -0.276. The smallest absolute Gasteiger partial charge is 0.339 e. The van der Waals surface area contributed by atoms with Gasteiger partial charge in [0.05, 0.1) is 31.1 Å². The van der Waals surface area contributed by atoms with Crippen LogP contribution in [0.1, 0.15) is 47.6 Å². The average Bonchev–Trinajstić information content (AvgIpc) is 2.38. The van der Waals surface area contributed by atoms with Gasteiger partial charge in [0.2, 0.25) is 0 Å². The predicted octanol–water partition coefficient (Wildman–Crippen LogP) is 2.28. The summed E-state index contributed by atoms with van der Waals surface area (Å²) in [6.45, 7) is 5.54. The molecule has 2 heterocycles. The summed E-state index contributed by atoms with van der Waals surface area (Å²) < 4.78 is 10.5. The summed E-state index contributed by atoms with van der Waals surface area (Å²) in [6, 6.07) is 1.89. The zero-order valence-corrected chi connectivity index (χ0v) is 11.0. The van der Waals surface area contributed by atoms with Crippen molar-refractivity contribution in [1.29, 1.82) is 0 Å². The summed E-state index contributed by atoms with van der Waals surface area (Å²) in [4.78, 5) is 16.5. The van der Waals surface area contributed by atoms with Crippen molar-refractivity contribution in [2.24, 2.45) is 0 Å². The monoisotopic (exact) mass is 249 g/mol. The lowest BCUT2D eigenvalue weighted by Crippen LogP contribution is -2.17. The Morgan fingerprint density at radius 2 is 2.33 bits per heavy atom. The molecule has 0 aromatic carbocycles. The molecule has 1 aromatic heterocycles. The number of aromatic nitrogens is 1. The van der Waals surface area contributed by atoms with Gasteiger partial charge in [0.15, 0.2) is 0 Å². The fourth-order valence-electron chi connectivity index (χ4n) is 2.14. The lowest BCUT2D eigenvalue weighted by atomic mass is 10.0. The Hall–Kier alpha value is -1.42. The Kier molecular flexibility index (Phi) is 4.31. The molecule has 1 aliphatic rings. The predicted molar refractivity (Wildman–Crippen MR) is 67.5 cm³/mol. The molecule has 18 heavy (non-hydrogen) atoms. The number of rotatable bonds is 4. The first-order valence-electron chi connectivity index (χ1n) is 6.52. The molecule has 0 N–H and O–H groups in total. The highest BCUT2D eigenvalue weighted by Crippen LogP contribution is 2.20. The maximum absolute atomic E-state index is 11.9. The third kappa shape index (κ3) is 2.70. The number of esters is 1. The average molecular weight is 249 g/mol. The Labute approximate surface area is 107 Å². The van der Waals surface area contributed by atoms with Crippen LogP contribution in [0.25, 0.3) is 0 Å². The number of fused-ring (bicyclic) bond motifs is 1. The van der Waals surface area contributed by atoms with Crippen LogP contribution in [0.5, 0.6) is 0 Å². The molecule has 0 fully saturated rings. The summed E-state index contributed by atoms with van der Waals surface area (Å²) >= 11 is 0. The highest BCUT2D eigenvalue weighted by molar-refractivity contribution is 5.90. The van der Waals surface area contributed by atoms with E-state index in [0.29, 0.717) is 25.4 Å². The van der Waals surface area contributed by atoms with Gasteiger partial charge in [-0.05, 0) is 19.4 Å². The maximum atomic E-state index is 11.9.